The number of carbonyl (C=O) groups is 1. The number of aromatic amines is 1. The molecule has 0 spiro atoms. The Morgan fingerprint density at radius 3 is 3.08 bits per heavy atom. The van der Waals surface area contributed by atoms with E-state index in [-0.39, 0.29) is 5.78 Å². The van der Waals surface area contributed by atoms with Gasteiger partial charge in [0.05, 0.1) is 0 Å². The Morgan fingerprint density at radius 1 is 1.42 bits per heavy atom. The van der Waals surface area contributed by atoms with Crippen molar-refractivity contribution in [2.45, 2.75) is 18.9 Å². The predicted octanol–water partition coefficient (Wildman–Crippen LogP) is 2.03. The second kappa shape index (κ2) is 6.13. The van der Waals surface area contributed by atoms with Gasteiger partial charge in [0.15, 0.2) is 11.6 Å². The summed E-state index contributed by atoms with van der Waals surface area (Å²) in [5.41, 5.74) is 1.70. The van der Waals surface area contributed by atoms with Crippen molar-refractivity contribution in [1.82, 2.24) is 20.2 Å². The number of hydrogen-bond donors (Lipinski definition) is 2. The molecule has 2 aromatic heterocycles. The van der Waals surface area contributed by atoms with E-state index in [1.165, 1.54) is 6.08 Å². The van der Waals surface area contributed by atoms with Crippen molar-refractivity contribution in [2.75, 3.05) is 20.1 Å². The third-order valence-electron chi connectivity index (χ3n) is 4.56. The third-order valence-corrected chi connectivity index (χ3v) is 4.56. The number of nitrogens with one attached hydrogen (secondary N) is 2. The van der Waals surface area contributed by atoms with Gasteiger partial charge in [-0.2, -0.15) is 0 Å². The maximum atomic E-state index is 12.2. The summed E-state index contributed by atoms with van der Waals surface area (Å²) in [7, 11) is 2.13. The lowest BCUT2D eigenvalue weighted by Crippen LogP contribution is -2.40. The van der Waals surface area contributed by atoms with Crippen molar-refractivity contribution < 1.29 is 9.53 Å². The molecule has 6 heteroatoms. The quantitative estimate of drug-likeness (QED) is 0.846. The zero-order valence-electron chi connectivity index (χ0n) is 13.6. The van der Waals surface area contributed by atoms with E-state index < -0.39 is 0 Å². The smallest absolute Gasteiger partial charge is 0.226 e. The number of hydrogen-bond acceptors (Lipinski definition) is 5. The number of nitrogens with zero attached hydrogens (tertiary/aromatic N) is 2. The van der Waals surface area contributed by atoms with Crippen LogP contribution in [0.1, 0.15) is 18.4 Å². The Labute approximate surface area is 140 Å². The van der Waals surface area contributed by atoms with Crippen LogP contribution in [0.25, 0.3) is 17.1 Å². The number of aromatic nitrogens is 2. The predicted molar refractivity (Wildman–Crippen MR) is 91.9 cm³/mol. The highest BCUT2D eigenvalue weighted by Gasteiger charge is 2.24. The lowest BCUT2D eigenvalue weighted by molar-refractivity contribution is -0.112. The number of likely N-dealkylation sites (tertiary alicyclic amines) is 1. The van der Waals surface area contributed by atoms with Crippen LogP contribution in [0.2, 0.25) is 0 Å². The first-order valence-electron chi connectivity index (χ1n) is 8.22. The lowest BCUT2D eigenvalue weighted by Gasteiger charge is -2.29. The Hall–Kier alpha value is -2.60. The SMILES string of the molecule is CN1CCC(NC2=CC(=O)/C(=C/c3c[nH]c4ncccc34)O2)CC1. The number of rotatable bonds is 3. The van der Waals surface area contributed by atoms with Crippen molar-refractivity contribution in [3.8, 4) is 0 Å². The first kappa shape index (κ1) is 15.0. The minimum atomic E-state index is -0.108. The molecule has 24 heavy (non-hydrogen) atoms. The molecule has 6 nitrogen and oxygen atoms in total. The minimum absolute atomic E-state index is 0.108. The molecule has 0 unspecified atom stereocenters. The van der Waals surface area contributed by atoms with E-state index >= 15 is 0 Å². The summed E-state index contributed by atoms with van der Waals surface area (Å²) in [5.74, 6) is 0.789. The molecule has 0 amide bonds. The van der Waals surface area contributed by atoms with E-state index in [4.69, 9.17) is 4.74 Å². The van der Waals surface area contributed by atoms with Crippen LogP contribution in [0.5, 0.6) is 0 Å². The van der Waals surface area contributed by atoms with Gasteiger partial charge in [0.2, 0.25) is 5.78 Å². The van der Waals surface area contributed by atoms with Crippen molar-refractivity contribution >= 4 is 22.9 Å². The van der Waals surface area contributed by atoms with Crippen molar-refractivity contribution in [2.24, 2.45) is 0 Å². The van der Waals surface area contributed by atoms with Crippen molar-refractivity contribution in [3.63, 3.8) is 0 Å². The zero-order chi connectivity index (χ0) is 16.5. The van der Waals surface area contributed by atoms with Crippen LogP contribution in [-0.2, 0) is 9.53 Å². The maximum Gasteiger partial charge on any atom is 0.226 e. The van der Waals surface area contributed by atoms with Gasteiger partial charge in [-0.25, -0.2) is 4.98 Å². The fourth-order valence-electron chi connectivity index (χ4n) is 3.15. The maximum absolute atomic E-state index is 12.2. The number of carbonyl (C=O) groups excluding carboxylic acids is 1. The molecule has 1 saturated heterocycles. The van der Waals surface area contributed by atoms with Crippen LogP contribution >= 0.6 is 0 Å². The molecule has 0 bridgehead atoms. The monoisotopic (exact) mass is 324 g/mol. The van der Waals surface area contributed by atoms with Crippen LogP contribution < -0.4 is 5.32 Å². The van der Waals surface area contributed by atoms with E-state index in [0.717, 1.165) is 42.5 Å². The first-order valence-corrected chi connectivity index (χ1v) is 8.22. The molecule has 4 rings (SSSR count). The van der Waals surface area contributed by atoms with Crippen molar-refractivity contribution in [3.05, 3.63) is 47.8 Å². The Bertz CT molecular complexity index is 828. The summed E-state index contributed by atoms with van der Waals surface area (Å²) in [4.78, 5) is 21.9. The molecule has 2 aliphatic heterocycles. The molecule has 124 valence electrons. The topological polar surface area (TPSA) is 70.2 Å². The van der Waals surface area contributed by atoms with Gasteiger partial charge in [0.25, 0.3) is 0 Å². The third kappa shape index (κ3) is 2.92. The van der Waals surface area contributed by atoms with E-state index in [1.54, 1.807) is 12.3 Å². The standard InChI is InChI=1S/C18H20N4O2/c1-22-7-4-13(5-8-22)21-17-10-15(23)16(24-17)9-12-11-20-18-14(12)3-2-6-19-18/h2-3,6,9-11,13,21H,4-5,7-8H2,1H3,(H,19,20)/b16-9-. The summed E-state index contributed by atoms with van der Waals surface area (Å²) in [6, 6.07) is 4.20. The Morgan fingerprint density at radius 2 is 2.25 bits per heavy atom. The first-order chi connectivity index (χ1) is 11.7. The van der Waals surface area contributed by atoms with Crippen LogP contribution in [-0.4, -0.2) is 46.8 Å². The molecule has 0 atom stereocenters. The van der Waals surface area contributed by atoms with Crippen LogP contribution in [0, 0.1) is 0 Å². The summed E-state index contributed by atoms with van der Waals surface area (Å²) >= 11 is 0. The zero-order valence-corrected chi connectivity index (χ0v) is 13.6. The number of allylic oxidation sites excluding steroid dienone is 1. The summed E-state index contributed by atoms with van der Waals surface area (Å²) in [6.07, 6.45) is 8.99. The molecule has 1 fully saturated rings. The number of ether oxygens (including phenoxy) is 1. The molecule has 2 aromatic rings. The molecule has 0 radical (unpaired) electrons. The van der Waals surface area contributed by atoms with E-state index in [0.29, 0.717) is 17.7 Å². The number of piperidine rings is 1. The lowest BCUT2D eigenvalue weighted by atomic mass is 10.1. The van der Waals surface area contributed by atoms with Crippen LogP contribution in [0.15, 0.2) is 42.2 Å². The summed E-state index contributed by atoms with van der Waals surface area (Å²) in [6.45, 7) is 2.12. The van der Waals surface area contributed by atoms with Gasteiger partial charge in [0.1, 0.15) is 5.65 Å². The average molecular weight is 324 g/mol. The number of H-pyrrole nitrogens is 1. The second-order valence-electron chi connectivity index (χ2n) is 6.35. The second-order valence-corrected chi connectivity index (χ2v) is 6.35. The van der Waals surface area contributed by atoms with E-state index in [9.17, 15) is 4.79 Å². The van der Waals surface area contributed by atoms with Gasteiger partial charge in [-0.15, -0.1) is 0 Å². The summed E-state index contributed by atoms with van der Waals surface area (Å²) in [5, 5.41) is 4.32. The minimum Gasteiger partial charge on any atom is -0.437 e. The van der Waals surface area contributed by atoms with Gasteiger partial charge in [0, 0.05) is 35.5 Å². The van der Waals surface area contributed by atoms with Crippen molar-refractivity contribution in [1.29, 1.82) is 0 Å². The molecular weight excluding hydrogens is 304 g/mol. The van der Waals surface area contributed by atoms with Gasteiger partial charge in [-0.3, -0.25) is 4.79 Å². The van der Waals surface area contributed by atoms with E-state index in [2.05, 4.69) is 27.2 Å². The van der Waals surface area contributed by atoms with Gasteiger partial charge >= 0.3 is 0 Å². The highest BCUT2D eigenvalue weighted by Crippen LogP contribution is 2.24. The van der Waals surface area contributed by atoms with Crippen LogP contribution in [0.3, 0.4) is 0 Å². The molecule has 4 heterocycles. The average Bonchev–Trinajstić information content (AvgIpc) is 3.14. The molecule has 2 aliphatic rings. The molecule has 0 saturated carbocycles. The highest BCUT2D eigenvalue weighted by atomic mass is 16.5. The summed E-state index contributed by atoms with van der Waals surface area (Å²) < 4.78 is 5.74. The Balaban J connectivity index is 1.47. The number of ketones is 1. The fraction of sp³-hybridized carbons (Fsp3) is 0.333. The number of fused-ring (bicyclic) bond motifs is 1. The van der Waals surface area contributed by atoms with Gasteiger partial charge in [-0.05, 0) is 51.2 Å². The Kier molecular flexibility index (Phi) is 3.82. The van der Waals surface area contributed by atoms with Gasteiger partial charge < -0.3 is 19.9 Å². The van der Waals surface area contributed by atoms with E-state index in [1.807, 2.05) is 18.3 Å². The van der Waals surface area contributed by atoms with Crippen LogP contribution in [0.4, 0.5) is 0 Å². The highest BCUT2D eigenvalue weighted by molar-refractivity contribution is 6.08. The molecular formula is C18H20N4O2. The van der Waals surface area contributed by atoms with Gasteiger partial charge in [-0.1, -0.05) is 0 Å². The molecule has 0 aliphatic carbocycles. The largest absolute Gasteiger partial charge is 0.437 e. The normalized spacial score (nSPS) is 21.3. The number of pyridine rings is 1. The molecule has 0 aromatic carbocycles. The molecule has 2 N–H and O–H groups in total. The fourth-order valence-corrected chi connectivity index (χ4v) is 3.15.